The molecule has 1 aromatic rings. The van der Waals surface area contributed by atoms with Crippen molar-refractivity contribution in [2.45, 2.75) is 32.0 Å². The molecular formula is C14H20O4. The summed E-state index contributed by atoms with van der Waals surface area (Å²) in [4.78, 5) is 0. The number of benzene rings is 1. The zero-order chi connectivity index (χ0) is 13.2. The van der Waals surface area contributed by atoms with E-state index in [0.29, 0.717) is 6.10 Å². The Morgan fingerprint density at radius 3 is 2.06 bits per heavy atom. The molecule has 0 aliphatic carbocycles. The zero-order valence-electron chi connectivity index (χ0n) is 11.4. The Bertz CT molecular complexity index is 388. The standard InChI is InChI=1S/C14H20O4/c1-14(2,8-13-9-17-13)18-12-6-10(15-3)5-11(7-12)16-4/h5-7,13H,8-9H2,1-4H3. The average molecular weight is 252 g/mol. The quantitative estimate of drug-likeness (QED) is 0.730. The van der Waals surface area contributed by atoms with Crippen LogP contribution in [0.2, 0.25) is 0 Å². The largest absolute Gasteiger partial charge is 0.496 e. The lowest BCUT2D eigenvalue weighted by atomic mass is 10.0. The van der Waals surface area contributed by atoms with Gasteiger partial charge in [-0.3, -0.25) is 0 Å². The van der Waals surface area contributed by atoms with Gasteiger partial charge in [-0.2, -0.15) is 0 Å². The van der Waals surface area contributed by atoms with Gasteiger partial charge in [0, 0.05) is 24.6 Å². The van der Waals surface area contributed by atoms with Gasteiger partial charge in [0.05, 0.1) is 26.9 Å². The Labute approximate surface area is 108 Å². The summed E-state index contributed by atoms with van der Waals surface area (Å²) >= 11 is 0. The summed E-state index contributed by atoms with van der Waals surface area (Å²) in [6, 6.07) is 5.54. The Kier molecular flexibility index (Phi) is 3.66. The maximum atomic E-state index is 6.00. The van der Waals surface area contributed by atoms with Crippen molar-refractivity contribution < 1.29 is 18.9 Å². The van der Waals surface area contributed by atoms with Crippen LogP contribution >= 0.6 is 0 Å². The monoisotopic (exact) mass is 252 g/mol. The molecule has 0 bridgehead atoms. The molecule has 1 aromatic carbocycles. The molecule has 1 atom stereocenters. The molecule has 4 nitrogen and oxygen atoms in total. The van der Waals surface area contributed by atoms with E-state index < -0.39 is 0 Å². The first-order valence-electron chi connectivity index (χ1n) is 6.06. The topological polar surface area (TPSA) is 40.2 Å². The van der Waals surface area contributed by atoms with Crippen molar-refractivity contribution in [3.05, 3.63) is 18.2 Å². The fourth-order valence-electron chi connectivity index (χ4n) is 1.94. The van der Waals surface area contributed by atoms with E-state index in [9.17, 15) is 0 Å². The van der Waals surface area contributed by atoms with Crippen LogP contribution in [0.3, 0.4) is 0 Å². The molecular weight excluding hydrogens is 232 g/mol. The van der Waals surface area contributed by atoms with Crippen LogP contribution in [0.25, 0.3) is 0 Å². The van der Waals surface area contributed by atoms with Crippen molar-refractivity contribution in [2.75, 3.05) is 20.8 Å². The second kappa shape index (κ2) is 5.06. The molecule has 1 aliphatic heterocycles. The molecule has 1 aliphatic rings. The number of hydrogen-bond acceptors (Lipinski definition) is 4. The second-order valence-electron chi connectivity index (χ2n) is 5.07. The summed E-state index contributed by atoms with van der Waals surface area (Å²) < 4.78 is 21.7. The molecule has 0 radical (unpaired) electrons. The Hall–Kier alpha value is -1.42. The molecule has 100 valence electrons. The molecule has 2 rings (SSSR count). The van der Waals surface area contributed by atoms with Gasteiger partial charge >= 0.3 is 0 Å². The maximum absolute atomic E-state index is 6.00. The third-order valence-corrected chi connectivity index (χ3v) is 2.84. The predicted octanol–water partition coefficient (Wildman–Crippen LogP) is 2.65. The minimum atomic E-state index is -0.265. The Balaban J connectivity index is 2.11. The van der Waals surface area contributed by atoms with Crippen LogP contribution in [0.15, 0.2) is 18.2 Å². The van der Waals surface area contributed by atoms with Crippen LogP contribution in [-0.4, -0.2) is 32.5 Å². The molecule has 1 saturated heterocycles. The smallest absolute Gasteiger partial charge is 0.127 e. The summed E-state index contributed by atoms with van der Waals surface area (Å²) in [5.74, 6) is 2.20. The fourth-order valence-corrected chi connectivity index (χ4v) is 1.94. The SMILES string of the molecule is COc1cc(OC)cc(OC(C)(C)CC2CO2)c1. The lowest BCUT2D eigenvalue weighted by Gasteiger charge is -2.26. The highest BCUT2D eigenvalue weighted by molar-refractivity contribution is 5.42. The van der Waals surface area contributed by atoms with Crippen LogP contribution in [0.1, 0.15) is 20.3 Å². The zero-order valence-corrected chi connectivity index (χ0v) is 11.4. The number of epoxide rings is 1. The summed E-state index contributed by atoms with van der Waals surface area (Å²) in [5, 5.41) is 0. The van der Waals surface area contributed by atoms with Crippen molar-refractivity contribution in [2.24, 2.45) is 0 Å². The van der Waals surface area contributed by atoms with Crippen LogP contribution in [0.5, 0.6) is 17.2 Å². The van der Waals surface area contributed by atoms with E-state index in [1.807, 2.05) is 18.2 Å². The van der Waals surface area contributed by atoms with Crippen LogP contribution in [-0.2, 0) is 4.74 Å². The highest BCUT2D eigenvalue weighted by atomic mass is 16.6. The summed E-state index contributed by atoms with van der Waals surface area (Å²) in [7, 11) is 3.25. The first-order chi connectivity index (χ1) is 8.52. The van der Waals surface area contributed by atoms with Gasteiger partial charge in [-0.25, -0.2) is 0 Å². The van der Waals surface area contributed by atoms with Crippen LogP contribution < -0.4 is 14.2 Å². The molecule has 1 fully saturated rings. The molecule has 0 aromatic heterocycles. The van der Waals surface area contributed by atoms with Gasteiger partial charge in [0.2, 0.25) is 0 Å². The van der Waals surface area contributed by atoms with Crippen molar-refractivity contribution in [1.29, 1.82) is 0 Å². The van der Waals surface area contributed by atoms with Crippen LogP contribution in [0, 0.1) is 0 Å². The van der Waals surface area contributed by atoms with E-state index in [1.165, 1.54) is 0 Å². The normalized spacial score (nSPS) is 18.3. The summed E-state index contributed by atoms with van der Waals surface area (Å²) in [6.45, 7) is 4.95. The average Bonchev–Trinajstić information content (AvgIpc) is 3.10. The second-order valence-corrected chi connectivity index (χ2v) is 5.07. The minimum Gasteiger partial charge on any atom is -0.496 e. The van der Waals surface area contributed by atoms with E-state index in [0.717, 1.165) is 30.3 Å². The van der Waals surface area contributed by atoms with E-state index in [2.05, 4.69) is 13.8 Å². The number of hydrogen-bond donors (Lipinski definition) is 0. The predicted molar refractivity (Wildman–Crippen MR) is 68.6 cm³/mol. The van der Waals surface area contributed by atoms with Crippen molar-refractivity contribution in [1.82, 2.24) is 0 Å². The lowest BCUT2D eigenvalue weighted by Crippen LogP contribution is -2.30. The Morgan fingerprint density at radius 1 is 1.11 bits per heavy atom. The van der Waals surface area contributed by atoms with Gasteiger partial charge in [0.15, 0.2) is 0 Å². The first kappa shape index (κ1) is 13.0. The Morgan fingerprint density at radius 2 is 1.61 bits per heavy atom. The lowest BCUT2D eigenvalue weighted by molar-refractivity contribution is 0.0890. The first-order valence-corrected chi connectivity index (χ1v) is 6.06. The van der Waals surface area contributed by atoms with E-state index in [4.69, 9.17) is 18.9 Å². The minimum absolute atomic E-state index is 0.265. The maximum Gasteiger partial charge on any atom is 0.127 e. The molecule has 18 heavy (non-hydrogen) atoms. The van der Waals surface area contributed by atoms with Crippen molar-refractivity contribution >= 4 is 0 Å². The molecule has 4 heteroatoms. The van der Waals surface area contributed by atoms with E-state index in [1.54, 1.807) is 14.2 Å². The van der Waals surface area contributed by atoms with E-state index >= 15 is 0 Å². The van der Waals surface area contributed by atoms with Gasteiger partial charge < -0.3 is 18.9 Å². The van der Waals surface area contributed by atoms with Gasteiger partial charge in [-0.1, -0.05) is 0 Å². The third kappa shape index (κ3) is 3.53. The molecule has 1 heterocycles. The third-order valence-electron chi connectivity index (χ3n) is 2.84. The molecule has 1 unspecified atom stereocenters. The van der Waals surface area contributed by atoms with Crippen molar-refractivity contribution in [3.8, 4) is 17.2 Å². The summed E-state index contributed by atoms with van der Waals surface area (Å²) in [5.41, 5.74) is -0.265. The highest BCUT2D eigenvalue weighted by Gasteiger charge is 2.32. The van der Waals surface area contributed by atoms with Gasteiger partial charge in [-0.15, -0.1) is 0 Å². The molecule has 0 spiro atoms. The highest BCUT2D eigenvalue weighted by Crippen LogP contribution is 2.32. The molecule has 0 N–H and O–H groups in total. The van der Waals surface area contributed by atoms with Crippen molar-refractivity contribution in [3.63, 3.8) is 0 Å². The van der Waals surface area contributed by atoms with Gasteiger partial charge in [0.25, 0.3) is 0 Å². The van der Waals surface area contributed by atoms with Crippen LogP contribution in [0.4, 0.5) is 0 Å². The van der Waals surface area contributed by atoms with Gasteiger partial charge in [0.1, 0.15) is 22.8 Å². The number of rotatable bonds is 6. The number of ether oxygens (including phenoxy) is 4. The fraction of sp³-hybridized carbons (Fsp3) is 0.571. The molecule has 0 saturated carbocycles. The van der Waals surface area contributed by atoms with Gasteiger partial charge in [-0.05, 0) is 13.8 Å². The molecule has 0 amide bonds. The van der Waals surface area contributed by atoms with E-state index in [-0.39, 0.29) is 5.60 Å². The summed E-state index contributed by atoms with van der Waals surface area (Å²) in [6.07, 6.45) is 1.22. The number of methoxy groups -OCH3 is 2.